The van der Waals surface area contributed by atoms with Crippen molar-refractivity contribution in [1.29, 1.82) is 0 Å². The topological polar surface area (TPSA) is 69.0 Å². The molecule has 0 radical (unpaired) electrons. The monoisotopic (exact) mass is 372 g/mol. The predicted molar refractivity (Wildman–Crippen MR) is 96.9 cm³/mol. The number of anilines is 1. The van der Waals surface area contributed by atoms with E-state index >= 15 is 0 Å². The molecule has 2 aromatic heterocycles. The molecule has 3 heterocycles. The molecule has 0 saturated carbocycles. The highest BCUT2D eigenvalue weighted by atomic mass is 35.5. The van der Waals surface area contributed by atoms with Gasteiger partial charge >= 0.3 is 5.97 Å². The van der Waals surface area contributed by atoms with Crippen LogP contribution in [0, 0.1) is 0 Å². The molecule has 1 aliphatic heterocycles. The number of benzene rings is 1. The molecule has 7 nitrogen and oxygen atoms in total. The summed E-state index contributed by atoms with van der Waals surface area (Å²) in [6.45, 7) is 3.87. The van der Waals surface area contributed by atoms with Crippen LogP contribution in [0.4, 0.5) is 5.82 Å². The molecule has 0 fully saturated rings. The van der Waals surface area contributed by atoms with Crippen molar-refractivity contribution in [3.8, 4) is 5.75 Å². The molecule has 1 aromatic carbocycles. The third-order valence-electron chi connectivity index (χ3n) is 4.16. The molecule has 4 rings (SSSR count). The van der Waals surface area contributed by atoms with Gasteiger partial charge in [-0.25, -0.2) is 9.78 Å². The Labute approximate surface area is 155 Å². The second kappa shape index (κ2) is 6.84. The molecular weight excluding hydrogens is 356 g/mol. The lowest BCUT2D eigenvalue weighted by atomic mass is 10.2. The van der Waals surface area contributed by atoms with Crippen LogP contribution in [0.5, 0.6) is 5.75 Å². The van der Waals surface area contributed by atoms with E-state index in [0.29, 0.717) is 36.9 Å². The zero-order chi connectivity index (χ0) is 18.1. The summed E-state index contributed by atoms with van der Waals surface area (Å²) in [5.41, 5.74) is 1.79. The number of ether oxygens (including phenoxy) is 2. The summed E-state index contributed by atoms with van der Waals surface area (Å²) < 4.78 is 12.4. The first-order valence-corrected chi connectivity index (χ1v) is 8.73. The summed E-state index contributed by atoms with van der Waals surface area (Å²) in [7, 11) is 0. The second-order valence-electron chi connectivity index (χ2n) is 5.83. The van der Waals surface area contributed by atoms with Gasteiger partial charge in [-0.2, -0.15) is 9.61 Å². The molecule has 3 aromatic rings. The van der Waals surface area contributed by atoms with Gasteiger partial charge in [0.25, 0.3) is 0 Å². The lowest BCUT2D eigenvalue weighted by Crippen LogP contribution is -2.34. The van der Waals surface area contributed by atoms with Gasteiger partial charge in [-0.1, -0.05) is 41.9 Å². The molecule has 0 amide bonds. The molecule has 0 N–H and O–H groups in total. The van der Waals surface area contributed by atoms with Gasteiger partial charge < -0.3 is 14.4 Å². The average molecular weight is 373 g/mol. The van der Waals surface area contributed by atoms with Crippen LogP contribution < -0.4 is 9.64 Å². The van der Waals surface area contributed by atoms with Crippen molar-refractivity contribution in [2.45, 2.75) is 13.5 Å². The summed E-state index contributed by atoms with van der Waals surface area (Å²) in [5, 5.41) is 4.55. The van der Waals surface area contributed by atoms with Gasteiger partial charge in [-0.15, -0.1) is 0 Å². The number of aromatic nitrogens is 3. The third-order valence-corrected chi connectivity index (χ3v) is 4.41. The van der Waals surface area contributed by atoms with Crippen molar-refractivity contribution in [2.24, 2.45) is 0 Å². The Morgan fingerprint density at radius 3 is 2.92 bits per heavy atom. The van der Waals surface area contributed by atoms with Crippen molar-refractivity contribution in [1.82, 2.24) is 14.6 Å². The Morgan fingerprint density at radius 1 is 1.35 bits per heavy atom. The van der Waals surface area contributed by atoms with Gasteiger partial charge in [0.1, 0.15) is 12.2 Å². The number of hydrogen-bond donors (Lipinski definition) is 0. The SMILES string of the molecule is CCOC(=O)c1cnn2c3c(c(Cl)nc12)OCCN3Cc1ccccc1. The number of carbonyl (C=O) groups excluding carboxylic acids is 1. The number of esters is 1. The maximum Gasteiger partial charge on any atom is 0.343 e. The minimum atomic E-state index is -0.475. The highest BCUT2D eigenvalue weighted by molar-refractivity contribution is 6.31. The van der Waals surface area contributed by atoms with Crippen LogP contribution in [0.2, 0.25) is 5.15 Å². The Balaban J connectivity index is 1.82. The van der Waals surface area contributed by atoms with Gasteiger partial charge in [-0.3, -0.25) is 0 Å². The van der Waals surface area contributed by atoms with E-state index in [-0.39, 0.29) is 17.3 Å². The standard InChI is InChI=1S/C18H17ClN4O3/c1-2-25-18(24)13-10-20-23-16(13)21-15(19)14-17(23)22(8-9-26-14)11-12-6-4-3-5-7-12/h3-7,10H,2,8-9,11H2,1H3. The maximum absolute atomic E-state index is 12.2. The van der Waals surface area contributed by atoms with Crippen molar-refractivity contribution in [3.63, 3.8) is 0 Å². The zero-order valence-corrected chi connectivity index (χ0v) is 14.9. The number of fused-ring (bicyclic) bond motifs is 3. The summed E-state index contributed by atoms with van der Waals surface area (Å²) in [5.74, 6) is 0.683. The van der Waals surface area contributed by atoms with Gasteiger partial charge in [0.2, 0.25) is 0 Å². The first-order chi connectivity index (χ1) is 12.7. The Morgan fingerprint density at radius 2 is 2.15 bits per heavy atom. The van der Waals surface area contributed by atoms with Crippen molar-refractivity contribution >= 4 is 29.0 Å². The molecule has 8 heteroatoms. The molecule has 0 bridgehead atoms. The first kappa shape index (κ1) is 16.7. The van der Waals surface area contributed by atoms with Gasteiger partial charge in [-0.05, 0) is 12.5 Å². The van der Waals surface area contributed by atoms with Crippen LogP contribution in [0.15, 0.2) is 36.5 Å². The quantitative estimate of drug-likeness (QED) is 0.518. The van der Waals surface area contributed by atoms with Crippen LogP contribution in [-0.2, 0) is 11.3 Å². The van der Waals surface area contributed by atoms with E-state index in [2.05, 4.69) is 27.1 Å². The molecule has 26 heavy (non-hydrogen) atoms. The number of carbonyl (C=O) groups is 1. The molecule has 0 spiro atoms. The Hall–Kier alpha value is -2.80. The Kier molecular flexibility index (Phi) is 4.38. The van der Waals surface area contributed by atoms with E-state index in [1.807, 2.05) is 18.2 Å². The number of rotatable bonds is 4. The van der Waals surface area contributed by atoms with Crippen molar-refractivity contribution < 1.29 is 14.3 Å². The fourth-order valence-electron chi connectivity index (χ4n) is 3.01. The largest absolute Gasteiger partial charge is 0.485 e. The van der Waals surface area contributed by atoms with E-state index in [1.54, 1.807) is 11.4 Å². The van der Waals surface area contributed by atoms with Gasteiger partial charge in [0.15, 0.2) is 22.4 Å². The second-order valence-corrected chi connectivity index (χ2v) is 6.18. The summed E-state index contributed by atoms with van der Waals surface area (Å²) in [4.78, 5) is 18.6. The number of halogens is 1. The molecule has 0 atom stereocenters. The molecule has 0 unspecified atom stereocenters. The van der Waals surface area contributed by atoms with E-state index in [9.17, 15) is 4.79 Å². The van der Waals surface area contributed by atoms with E-state index in [1.165, 1.54) is 6.20 Å². The van der Waals surface area contributed by atoms with Gasteiger partial charge in [0, 0.05) is 6.54 Å². The van der Waals surface area contributed by atoms with Crippen molar-refractivity contribution in [3.05, 3.63) is 52.8 Å². The van der Waals surface area contributed by atoms with Crippen LogP contribution >= 0.6 is 11.6 Å². The predicted octanol–water partition coefficient (Wildman–Crippen LogP) is 2.96. The number of hydrogen-bond acceptors (Lipinski definition) is 6. The maximum atomic E-state index is 12.2. The molecule has 0 aliphatic carbocycles. The van der Waals surface area contributed by atoms with Crippen LogP contribution in [0.3, 0.4) is 0 Å². The number of nitrogens with zero attached hydrogens (tertiary/aromatic N) is 4. The van der Waals surface area contributed by atoms with Crippen LogP contribution in [-0.4, -0.2) is 40.3 Å². The lowest BCUT2D eigenvalue weighted by Gasteiger charge is -2.31. The van der Waals surface area contributed by atoms with Crippen molar-refractivity contribution in [2.75, 3.05) is 24.7 Å². The van der Waals surface area contributed by atoms with E-state index < -0.39 is 5.97 Å². The highest BCUT2D eigenvalue weighted by Crippen LogP contribution is 2.38. The summed E-state index contributed by atoms with van der Waals surface area (Å²) in [6.07, 6.45) is 1.45. The fraction of sp³-hybridized carbons (Fsp3) is 0.278. The zero-order valence-electron chi connectivity index (χ0n) is 14.2. The molecule has 0 saturated heterocycles. The fourth-order valence-corrected chi connectivity index (χ4v) is 3.23. The minimum Gasteiger partial charge on any atom is -0.485 e. The van der Waals surface area contributed by atoms with E-state index in [4.69, 9.17) is 21.1 Å². The van der Waals surface area contributed by atoms with Crippen LogP contribution in [0.25, 0.3) is 5.65 Å². The van der Waals surface area contributed by atoms with Crippen LogP contribution in [0.1, 0.15) is 22.8 Å². The Bertz CT molecular complexity index is 958. The van der Waals surface area contributed by atoms with E-state index in [0.717, 1.165) is 5.56 Å². The smallest absolute Gasteiger partial charge is 0.343 e. The highest BCUT2D eigenvalue weighted by Gasteiger charge is 2.28. The third kappa shape index (κ3) is 2.84. The summed E-state index contributed by atoms with van der Waals surface area (Å²) >= 11 is 6.34. The lowest BCUT2D eigenvalue weighted by molar-refractivity contribution is 0.0528. The molecular formula is C18H17ClN4O3. The molecule has 1 aliphatic rings. The minimum absolute atomic E-state index is 0.205. The summed E-state index contributed by atoms with van der Waals surface area (Å²) in [6, 6.07) is 10.1. The molecule has 134 valence electrons. The average Bonchev–Trinajstić information content (AvgIpc) is 3.07. The normalized spacial score (nSPS) is 13.4. The first-order valence-electron chi connectivity index (χ1n) is 8.35. The van der Waals surface area contributed by atoms with Gasteiger partial charge in [0.05, 0.1) is 19.3 Å².